The van der Waals surface area contributed by atoms with E-state index in [-0.39, 0.29) is 5.41 Å². The van der Waals surface area contributed by atoms with Crippen LogP contribution in [0.25, 0.3) is 0 Å². The van der Waals surface area contributed by atoms with Crippen LogP contribution in [0.1, 0.15) is 59.7 Å². The van der Waals surface area contributed by atoms with Crippen molar-refractivity contribution in [3.63, 3.8) is 0 Å². The van der Waals surface area contributed by atoms with E-state index in [1.54, 1.807) is 0 Å². The fourth-order valence-corrected chi connectivity index (χ4v) is 2.88. The second-order valence-corrected chi connectivity index (χ2v) is 8.12. The van der Waals surface area contributed by atoms with Crippen LogP contribution in [-0.2, 0) is 12.2 Å². The lowest BCUT2D eigenvalue weighted by molar-refractivity contribution is 0.244. The molecule has 4 nitrogen and oxygen atoms in total. The minimum atomic E-state index is 0.177. The molecule has 1 atom stereocenters. The highest BCUT2D eigenvalue weighted by molar-refractivity contribution is 7.98. The van der Waals surface area contributed by atoms with Crippen LogP contribution in [0, 0.1) is 11.3 Å². The number of rotatable bonds is 9. The Bertz CT molecular complexity index is 398. The van der Waals surface area contributed by atoms with Crippen molar-refractivity contribution in [3.8, 4) is 0 Å². The molecular formula is C16H31N3OS. The first-order valence-electron chi connectivity index (χ1n) is 7.95. The first-order valence-corrected chi connectivity index (χ1v) is 9.11. The Kier molecular flexibility index (Phi) is 7.74. The summed E-state index contributed by atoms with van der Waals surface area (Å²) in [6.45, 7) is 14.4. The van der Waals surface area contributed by atoms with Gasteiger partial charge in [-0.2, -0.15) is 16.7 Å². The summed E-state index contributed by atoms with van der Waals surface area (Å²) in [5.74, 6) is 4.24. The third kappa shape index (κ3) is 7.32. The van der Waals surface area contributed by atoms with Gasteiger partial charge in [-0.05, 0) is 30.1 Å². The molecule has 0 aliphatic rings. The second kappa shape index (κ2) is 8.79. The maximum atomic E-state index is 5.41. The standard InChI is InChI=1S/C16H31N3OS/c1-7-8-17-13(16(4,5)6)9-15-18-14(19-20-15)11-21-10-12(2)3/h12-13,17H,7-11H2,1-6H3. The van der Waals surface area contributed by atoms with Crippen molar-refractivity contribution in [1.29, 1.82) is 0 Å². The molecule has 0 radical (unpaired) electrons. The van der Waals surface area contributed by atoms with Gasteiger partial charge in [0.05, 0.1) is 5.75 Å². The molecule has 21 heavy (non-hydrogen) atoms. The van der Waals surface area contributed by atoms with Crippen LogP contribution in [-0.4, -0.2) is 28.5 Å². The molecule has 0 saturated heterocycles. The molecule has 0 bridgehead atoms. The van der Waals surface area contributed by atoms with Crippen LogP contribution in [0.2, 0.25) is 0 Å². The third-order valence-corrected chi connectivity index (χ3v) is 4.62. The molecule has 1 rings (SSSR count). The van der Waals surface area contributed by atoms with Gasteiger partial charge in [0.2, 0.25) is 5.89 Å². The van der Waals surface area contributed by atoms with Crippen LogP contribution in [0.15, 0.2) is 4.52 Å². The third-order valence-electron chi connectivity index (χ3n) is 3.26. The van der Waals surface area contributed by atoms with Gasteiger partial charge < -0.3 is 9.84 Å². The van der Waals surface area contributed by atoms with E-state index in [0.29, 0.717) is 12.0 Å². The quantitative estimate of drug-likeness (QED) is 0.749. The van der Waals surface area contributed by atoms with Crippen molar-refractivity contribution in [3.05, 3.63) is 11.7 Å². The van der Waals surface area contributed by atoms with Crippen LogP contribution in [0.4, 0.5) is 0 Å². The zero-order valence-corrected chi connectivity index (χ0v) is 15.2. The van der Waals surface area contributed by atoms with Crippen molar-refractivity contribution in [1.82, 2.24) is 15.5 Å². The Morgan fingerprint density at radius 3 is 2.57 bits per heavy atom. The molecule has 0 aliphatic carbocycles. The van der Waals surface area contributed by atoms with Gasteiger partial charge in [-0.25, -0.2) is 0 Å². The van der Waals surface area contributed by atoms with Crippen molar-refractivity contribution < 1.29 is 4.52 Å². The molecule has 1 unspecified atom stereocenters. The molecule has 1 aromatic rings. The SMILES string of the molecule is CCCNC(Cc1nc(CSCC(C)C)no1)C(C)(C)C. The average molecular weight is 314 g/mol. The maximum absolute atomic E-state index is 5.41. The predicted molar refractivity (Wildman–Crippen MR) is 90.5 cm³/mol. The van der Waals surface area contributed by atoms with Gasteiger partial charge in [-0.1, -0.05) is 46.7 Å². The zero-order chi connectivity index (χ0) is 15.9. The molecule has 0 spiro atoms. The molecular weight excluding hydrogens is 282 g/mol. The molecule has 0 aliphatic heterocycles. The lowest BCUT2D eigenvalue weighted by atomic mass is 9.84. The predicted octanol–water partition coefficient (Wildman–Crippen LogP) is 3.92. The van der Waals surface area contributed by atoms with E-state index >= 15 is 0 Å². The minimum Gasteiger partial charge on any atom is -0.339 e. The van der Waals surface area contributed by atoms with Crippen molar-refractivity contribution in [2.45, 2.75) is 66.2 Å². The van der Waals surface area contributed by atoms with Gasteiger partial charge in [-0.15, -0.1) is 0 Å². The second-order valence-electron chi connectivity index (χ2n) is 7.09. The summed E-state index contributed by atoms with van der Waals surface area (Å²) in [5, 5.41) is 7.69. The van der Waals surface area contributed by atoms with E-state index in [2.05, 4.69) is 57.0 Å². The van der Waals surface area contributed by atoms with E-state index < -0.39 is 0 Å². The highest BCUT2D eigenvalue weighted by atomic mass is 32.2. The fourth-order valence-electron chi connectivity index (χ4n) is 2.00. The van der Waals surface area contributed by atoms with Crippen LogP contribution >= 0.6 is 11.8 Å². The topological polar surface area (TPSA) is 51.0 Å². The van der Waals surface area contributed by atoms with Crippen molar-refractivity contribution in [2.24, 2.45) is 11.3 Å². The lowest BCUT2D eigenvalue weighted by Crippen LogP contribution is -2.42. The van der Waals surface area contributed by atoms with Gasteiger partial charge in [0.1, 0.15) is 0 Å². The molecule has 5 heteroatoms. The van der Waals surface area contributed by atoms with E-state index in [9.17, 15) is 0 Å². The summed E-state index contributed by atoms with van der Waals surface area (Å²) in [6, 6.07) is 0.356. The summed E-state index contributed by atoms with van der Waals surface area (Å²) >= 11 is 1.87. The molecule has 0 fully saturated rings. The average Bonchev–Trinajstić information content (AvgIpc) is 2.80. The molecule has 0 aromatic carbocycles. The van der Waals surface area contributed by atoms with Crippen LogP contribution < -0.4 is 5.32 Å². The van der Waals surface area contributed by atoms with Crippen molar-refractivity contribution in [2.75, 3.05) is 12.3 Å². The number of nitrogens with one attached hydrogen (secondary N) is 1. The number of hydrogen-bond acceptors (Lipinski definition) is 5. The Hall–Kier alpha value is -0.550. The highest BCUT2D eigenvalue weighted by Crippen LogP contribution is 2.22. The van der Waals surface area contributed by atoms with Crippen LogP contribution in [0.5, 0.6) is 0 Å². The minimum absolute atomic E-state index is 0.177. The smallest absolute Gasteiger partial charge is 0.228 e. The van der Waals surface area contributed by atoms with Crippen LogP contribution in [0.3, 0.4) is 0 Å². The Morgan fingerprint density at radius 1 is 1.29 bits per heavy atom. The van der Waals surface area contributed by atoms with Gasteiger partial charge in [0.25, 0.3) is 0 Å². The normalized spacial score (nSPS) is 13.9. The Balaban J connectivity index is 2.54. The van der Waals surface area contributed by atoms with E-state index in [0.717, 1.165) is 42.6 Å². The summed E-state index contributed by atoms with van der Waals surface area (Å²) < 4.78 is 5.41. The molecule has 1 aromatic heterocycles. The summed E-state index contributed by atoms with van der Waals surface area (Å²) in [6.07, 6.45) is 1.93. The Morgan fingerprint density at radius 2 is 2.00 bits per heavy atom. The zero-order valence-electron chi connectivity index (χ0n) is 14.4. The van der Waals surface area contributed by atoms with Gasteiger partial charge in [0.15, 0.2) is 5.82 Å². The highest BCUT2D eigenvalue weighted by Gasteiger charge is 2.26. The van der Waals surface area contributed by atoms with Crippen molar-refractivity contribution >= 4 is 11.8 Å². The fraction of sp³-hybridized carbons (Fsp3) is 0.875. The largest absolute Gasteiger partial charge is 0.339 e. The number of nitrogens with zero attached hydrogens (tertiary/aromatic N) is 2. The molecule has 1 heterocycles. The molecule has 0 saturated carbocycles. The Labute approximate surface area is 133 Å². The number of thioether (sulfide) groups is 1. The summed E-state index contributed by atoms with van der Waals surface area (Å²) in [5.41, 5.74) is 0.177. The maximum Gasteiger partial charge on any atom is 0.228 e. The number of aromatic nitrogens is 2. The summed E-state index contributed by atoms with van der Waals surface area (Å²) in [4.78, 5) is 4.53. The molecule has 122 valence electrons. The monoisotopic (exact) mass is 313 g/mol. The van der Waals surface area contributed by atoms with Gasteiger partial charge in [0, 0.05) is 12.5 Å². The molecule has 0 amide bonds. The van der Waals surface area contributed by atoms with E-state index in [1.165, 1.54) is 0 Å². The lowest BCUT2D eigenvalue weighted by Gasteiger charge is -2.30. The first kappa shape index (κ1) is 18.5. The number of hydrogen-bond donors (Lipinski definition) is 1. The summed E-state index contributed by atoms with van der Waals surface area (Å²) in [7, 11) is 0. The van der Waals surface area contributed by atoms with Gasteiger partial charge in [-0.3, -0.25) is 0 Å². The van der Waals surface area contributed by atoms with Gasteiger partial charge >= 0.3 is 0 Å². The van der Waals surface area contributed by atoms with E-state index in [4.69, 9.17) is 4.52 Å². The molecule has 1 N–H and O–H groups in total. The first-order chi connectivity index (χ1) is 9.82. The van der Waals surface area contributed by atoms with E-state index in [1.807, 2.05) is 11.8 Å².